The summed E-state index contributed by atoms with van der Waals surface area (Å²) in [5.41, 5.74) is 0. The van der Waals surface area contributed by atoms with Gasteiger partial charge in [0.2, 0.25) is 0 Å². The normalized spacial score (nSPS) is 9.91. The van der Waals surface area contributed by atoms with Crippen LogP contribution in [0.25, 0.3) is 10.8 Å². The second-order valence-corrected chi connectivity index (χ2v) is 4.13. The highest BCUT2D eigenvalue weighted by atomic mass is 16.7. The molecule has 0 bridgehead atoms. The number of carbonyl (C=O) groups is 2. The third-order valence-corrected chi connectivity index (χ3v) is 2.87. The molecule has 0 fully saturated rings. The van der Waals surface area contributed by atoms with E-state index in [4.69, 9.17) is 14.2 Å². The number of hydrogen-bond acceptors (Lipinski definition) is 6. The lowest BCUT2D eigenvalue weighted by atomic mass is 10.1. The molecule has 0 aliphatic rings. The van der Waals surface area contributed by atoms with Crippen molar-refractivity contribution in [2.24, 2.45) is 0 Å². The van der Waals surface area contributed by atoms with E-state index in [2.05, 4.69) is 11.3 Å². The van der Waals surface area contributed by atoms with Crippen molar-refractivity contribution in [1.82, 2.24) is 0 Å². The van der Waals surface area contributed by atoms with Gasteiger partial charge in [0.05, 0.1) is 14.2 Å². The number of rotatable bonds is 4. The van der Waals surface area contributed by atoms with Crippen molar-refractivity contribution in [2.45, 2.75) is 0 Å². The van der Waals surface area contributed by atoms with Gasteiger partial charge in [-0.1, -0.05) is 30.8 Å². The number of esters is 1. The van der Waals surface area contributed by atoms with Gasteiger partial charge >= 0.3 is 12.1 Å². The Hall–Kier alpha value is -3.02. The average Bonchev–Trinajstić information content (AvgIpc) is 2.56. The first-order chi connectivity index (χ1) is 10.6. The molecule has 0 N–H and O–H groups in total. The fraction of sp³-hybridized carbons (Fsp3) is 0.125. The molecule has 6 heteroatoms. The van der Waals surface area contributed by atoms with Gasteiger partial charge in [0.15, 0.2) is 11.5 Å². The molecule has 2 rings (SSSR count). The van der Waals surface area contributed by atoms with Crippen LogP contribution in [0.4, 0.5) is 4.79 Å². The van der Waals surface area contributed by atoms with Gasteiger partial charge in [0.1, 0.15) is 5.75 Å². The van der Waals surface area contributed by atoms with Gasteiger partial charge in [-0.25, -0.2) is 9.59 Å². The maximum absolute atomic E-state index is 11.5. The van der Waals surface area contributed by atoms with Crippen LogP contribution in [0.2, 0.25) is 0 Å². The Morgan fingerprint density at radius 2 is 1.73 bits per heavy atom. The van der Waals surface area contributed by atoms with Crippen molar-refractivity contribution in [3.63, 3.8) is 0 Å². The highest BCUT2D eigenvalue weighted by Crippen LogP contribution is 2.41. The fourth-order valence-corrected chi connectivity index (χ4v) is 1.91. The van der Waals surface area contributed by atoms with E-state index < -0.39 is 12.1 Å². The Morgan fingerprint density at radius 3 is 2.32 bits per heavy atom. The Morgan fingerprint density at radius 1 is 1.05 bits per heavy atom. The van der Waals surface area contributed by atoms with Crippen molar-refractivity contribution in [2.75, 3.05) is 14.2 Å². The topological polar surface area (TPSA) is 71.1 Å². The maximum atomic E-state index is 11.5. The van der Waals surface area contributed by atoms with Gasteiger partial charge in [-0.2, -0.15) is 0 Å². The van der Waals surface area contributed by atoms with Crippen molar-refractivity contribution in [3.05, 3.63) is 43.0 Å². The van der Waals surface area contributed by atoms with Crippen molar-refractivity contribution in [3.8, 4) is 17.2 Å². The number of benzene rings is 2. The molecule has 2 aromatic carbocycles. The molecule has 0 heterocycles. The zero-order chi connectivity index (χ0) is 16.1. The van der Waals surface area contributed by atoms with Crippen LogP contribution in [0.3, 0.4) is 0 Å². The van der Waals surface area contributed by atoms with E-state index in [0.717, 1.165) is 6.08 Å². The summed E-state index contributed by atoms with van der Waals surface area (Å²) in [6, 6.07) is 8.41. The van der Waals surface area contributed by atoms with Crippen LogP contribution in [0, 0.1) is 0 Å². The fourth-order valence-electron chi connectivity index (χ4n) is 1.91. The smallest absolute Gasteiger partial charge is 0.493 e. The van der Waals surface area contributed by atoms with Gasteiger partial charge in [-0.15, -0.1) is 0 Å². The van der Waals surface area contributed by atoms with Crippen molar-refractivity contribution in [1.29, 1.82) is 0 Å². The molecule has 0 saturated heterocycles. The Labute approximate surface area is 126 Å². The Balaban J connectivity index is 2.65. The van der Waals surface area contributed by atoms with Gasteiger partial charge in [0, 0.05) is 22.9 Å². The first-order valence-corrected chi connectivity index (χ1v) is 6.30. The molecule has 0 radical (unpaired) electrons. The molecule has 0 aromatic heterocycles. The molecule has 0 atom stereocenters. The largest absolute Gasteiger partial charge is 0.513 e. The predicted molar refractivity (Wildman–Crippen MR) is 79.4 cm³/mol. The quantitative estimate of drug-likeness (QED) is 0.374. The van der Waals surface area contributed by atoms with E-state index in [1.807, 2.05) is 0 Å². The summed E-state index contributed by atoms with van der Waals surface area (Å²) in [6.45, 7) is 3.36. The molecule has 0 amide bonds. The number of methoxy groups -OCH3 is 2. The van der Waals surface area contributed by atoms with E-state index in [0.29, 0.717) is 10.8 Å². The second-order valence-electron chi connectivity index (χ2n) is 4.13. The van der Waals surface area contributed by atoms with Crippen molar-refractivity contribution >= 4 is 22.9 Å². The predicted octanol–water partition coefficient (Wildman–Crippen LogP) is 3.09. The summed E-state index contributed by atoms with van der Waals surface area (Å²) >= 11 is 0. The SMILES string of the molecule is C=CC(=O)Oc1c(OC)cc(OC(=O)OC)c2ccccc12. The van der Waals surface area contributed by atoms with Crippen LogP contribution in [0.1, 0.15) is 0 Å². The summed E-state index contributed by atoms with van der Waals surface area (Å²) in [4.78, 5) is 22.9. The van der Waals surface area contributed by atoms with Gasteiger partial charge in [-0.05, 0) is 0 Å². The van der Waals surface area contributed by atoms with E-state index >= 15 is 0 Å². The van der Waals surface area contributed by atoms with Crippen LogP contribution >= 0.6 is 0 Å². The molecule has 114 valence electrons. The van der Waals surface area contributed by atoms with Crippen LogP contribution in [-0.4, -0.2) is 26.3 Å². The molecule has 0 aliphatic carbocycles. The maximum Gasteiger partial charge on any atom is 0.513 e. The lowest BCUT2D eigenvalue weighted by molar-refractivity contribution is -0.128. The van der Waals surface area contributed by atoms with Gasteiger partial charge in [0.25, 0.3) is 0 Å². The van der Waals surface area contributed by atoms with Gasteiger partial charge in [-0.3, -0.25) is 0 Å². The molecule has 0 unspecified atom stereocenters. The Bertz CT molecular complexity index is 735. The average molecular weight is 302 g/mol. The molecular weight excluding hydrogens is 288 g/mol. The molecule has 22 heavy (non-hydrogen) atoms. The minimum atomic E-state index is -0.858. The standard InChI is InChI=1S/C16H14O6/c1-4-14(17)22-15-11-8-6-5-7-10(11)12(9-13(15)19-2)21-16(18)20-3/h4-9H,1H2,2-3H3. The Kier molecular flexibility index (Phi) is 4.63. The molecule has 0 aliphatic heterocycles. The minimum absolute atomic E-state index is 0.222. The molecule has 6 nitrogen and oxygen atoms in total. The van der Waals surface area contributed by atoms with E-state index in [1.165, 1.54) is 20.3 Å². The third-order valence-electron chi connectivity index (χ3n) is 2.87. The van der Waals surface area contributed by atoms with E-state index in [9.17, 15) is 9.59 Å². The van der Waals surface area contributed by atoms with Crippen LogP contribution in [0.15, 0.2) is 43.0 Å². The first kappa shape index (κ1) is 15.4. The number of carbonyl (C=O) groups excluding carboxylic acids is 2. The zero-order valence-corrected chi connectivity index (χ0v) is 12.1. The molecule has 0 saturated carbocycles. The summed E-state index contributed by atoms with van der Waals surface area (Å²) in [7, 11) is 2.62. The third kappa shape index (κ3) is 3.01. The molecule has 2 aromatic rings. The highest BCUT2D eigenvalue weighted by molar-refractivity contribution is 5.98. The van der Waals surface area contributed by atoms with Crippen LogP contribution < -0.4 is 14.2 Å². The number of fused-ring (bicyclic) bond motifs is 1. The highest BCUT2D eigenvalue weighted by Gasteiger charge is 2.18. The summed E-state index contributed by atoms with van der Waals surface area (Å²) in [5.74, 6) is 0.0795. The van der Waals surface area contributed by atoms with E-state index in [-0.39, 0.29) is 17.2 Å². The minimum Gasteiger partial charge on any atom is -0.493 e. The summed E-state index contributed by atoms with van der Waals surface area (Å²) in [5, 5.41) is 1.12. The lowest BCUT2D eigenvalue weighted by Gasteiger charge is -2.14. The number of ether oxygens (including phenoxy) is 4. The molecular formula is C16H14O6. The monoisotopic (exact) mass is 302 g/mol. The van der Waals surface area contributed by atoms with Crippen LogP contribution in [0.5, 0.6) is 17.2 Å². The summed E-state index contributed by atoms with van der Waals surface area (Å²) < 4.78 is 20.0. The van der Waals surface area contributed by atoms with Crippen LogP contribution in [-0.2, 0) is 9.53 Å². The zero-order valence-electron chi connectivity index (χ0n) is 12.1. The van der Waals surface area contributed by atoms with E-state index in [1.54, 1.807) is 24.3 Å². The summed E-state index contributed by atoms with van der Waals surface area (Å²) in [6.07, 6.45) is 0.190. The van der Waals surface area contributed by atoms with Crippen molar-refractivity contribution < 1.29 is 28.5 Å². The second kappa shape index (κ2) is 6.62. The lowest BCUT2D eigenvalue weighted by Crippen LogP contribution is -2.09. The molecule has 0 spiro atoms. The first-order valence-electron chi connectivity index (χ1n) is 6.30. The van der Waals surface area contributed by atoms with Gasteiger partial charge < -0.3 is 18.9 Å². The number of hydrogen-bond donors (Lipinski definition) is 0.